The minimum Gasteiger partial charge on any atom is -0.453 e. The molecule has 4 atom stereocenters. The summed E-state index contributed by atoms with van der Waals surface area (Å²) >= 11 is 0. The second-order valence-corrected chi connectivity index (χ2v) is 18.9. The number of hydrogen-bond donors (Lipinski definition) is 4. The Morgan fingerprint density at radius 2 is 1.09 bits per heavy atom. The molecular formula is C51H63N7O8. The summed E-state index contributed by atoms with van der Waals surface area (Å²) in [5.74, 6) is -1.30. The molecule has 0 saturated carbocycles. The van der Waals surface area contributed by atoms with Crippen LogP contribution in [-0.2, 0) is 41.7 Å². The van der Waals surface area contributed by atoms with Crippen LogP contribution in [0, 0.1) is 5.41 Å². The third-order valence-corrected chi connectivity index (χ3v) is 11.6. The molecule has 4 aromatic rings. The van der Waals surface area contributed by atoms with Gasteiger partial charge in [-0.15, -0.1) is 0 Å². The molecule has 4 N–H and O–H groups in total. The van der Waals surface area contributed by atoms with Crippen LogP contribution in [0.3, 0.4) is 0 Å². The number of hydrogen-bond acceptors (Lipinski definition) is 9. The van der Waals surface area contributed by atoms with Gasteiger partial charge in [-0.05, 0) is 105 Å². The summed E-state index contributed by atoms with van der Waals surface area (Å²) < 4.78 is 10.2. The maximum Gasteiger partial charge on any atom is 0.408 e. The number of anilines is 3. The fourth-order valence-electron chi connectivity index (χ4n) is 8.28. The van der Waals surface area contributed by atoms with Gasteiger partial charge in [0.05, 0.1) is 7.11 Å². The largest absolute Gasteiger partial charge is 0.453 e. The first-order valence-corrected chi connectivity index (χ1v) is 22.5. The first-order chi connectivity index (χ1) is 31.4. The summed E-state index contributed by atoms with van der Waals surface area (Å²) in [4.78, 5) is 85.3. The lowest BCUT2D eigenvalue weighted by atomic mass is 9.85. The van der Waals surface area contributed by atoms with Gasteiger partial charge in [0.15, 0.2) is 0 Å². The van der Waals surface area contributed by atoms with Crippen molar-refractivity contribution < 1.29 is 38.2 Å². The Labute approximate surface area is 387 Å². The predicted octanol–water partition coefficient (Wildman–Crippen LogP) is 7.79. The highest BCUT2D eigenvalue weighted by Gasteiger charge is 2.42. The average molecular weight is 902 g/mol. The van der Waals surface area contributed by atoms with Gasteiger partial charge in [-0.1, -0.05) is 93.6 Å². The molecule has 0 aromatic heterocycles. The van der Waals surface area contributed by atoms with Crippen LogP contribution >= 0.6 is 0 Å². The Kier molecular flexibility index (Phi) is 15.7. The van der Waals surface area contributed by atoms with E-state index < -0.39 is 47.4 Å². The lowest BCUT2D eigenvalue weighted by Gasteiger charge is -2.35. The number of carbonyl (C=O) groups is 6. The lowest BCUT2D eigenvalue weighted by Crippen LogP contribution is -2.57. The van der Waals surface area contributed by atoms with Crippen LogP contribution < -0.4 is 26.2 Å². The first kappa shape index (κ1) is 48.6. The van der Waals surface area contributed by atoms with Crippen molar-refractivity contribution in [1.29, 1.82) is 0 Å². The zero-order valence-corrected chi connectivity index (χ0v) is 39.0. The zero-order valence-electron chi connectivity index (χ0n) is 39.0. The van der Waals surface area contributed by atoms with Crippen molar-refractivity contribution in [3.8, 4) is 0 Å². The molecule has 0 aliphatic carbocycles. The quantitative estimate of drug-likeness (QED) is 0.0984. The number of alkyl carbamates (subject to hydrolysis) is 2. The van der Waals surface area contributed by atoms with E-state index in [1.165, 1.54) is 7.11 Å². The highest BCUT2D eigenvalue weighted by atomic mass is 16.6. The van der Waals surface area contributed by atoms with Crippen LogP contribution in [0.5, 0.6) is 0 Å². The van der Waals surface area contributed by atoms with Crippen LogP contribution in [0.1, 0.15) is 90.0 Å². The summed E-state index contributed by atoms with van der Waals surface area (Å²) in [6.45, 7) is 12.7. The van der Waals surface area contributed by atoms with E-state index in [-0.39, 0.29) is 23.6 Å². The van der Waals surface area contributed by atoms with Crippen LogP contribution in [0.4, 0.5) is 26.7 Å². The molecule has 350 valence electrons. The van der Waals surface area contributed by atoms with Crippen molar-refractivity contribution >= 4 is 52.9 Å². The van der Waals surface area contributed by atoms with Gasteiger partial charge in [0.2, 0.25) is 17.7 Å². The molecule has 2 aliphatic heterocycles. The number of nitrogens with one attached hydrogen (secondary N) is 4. The molecule has 0 spiro atoms. The number of rotatable bonds is 14. The Hall–Kier alpha value is -6.90. The van der Waals surface area contributed by atoms with Crippen LogP contribution in [-0.4, -0.2) is 89.5 Å². The van der Waals surface area contributed by atoms with E-state index in [2.05, 4.69) is 26.2 Å². The molecule has 66 heavy (non-hydrogen) atoms. The number of para-hydroxylation sites is 1. The molecule has 4 aromatic carbocycles. The number of nitrogens with zero attached hydrogens (tertiary/aromatic N) is 3. The van der Waals surface area contributed by atoms with E-state index in [9.17, 15) is 28.8 Å². The molecule has 15 heteroatoms. The minimum atomic E-state index is -1.03. The molecule has 2 saturated heterocycles. The minimum absolute atomic E-state index is 0.289. The topological polar surface area (TPSA) is 179 Å². The van der Waals surface area contributed by atoms with Gasteiger partial charge >= 0.3 is 12.2 Å². The second-order valence-electron chi connectivity index (χ2n) is 18.9. The normalized spacial score (nSPS) is 17.0. The van der Waals surface area contributed by atoms with Crippen molar-refractivity contribution in [2.24, 2.45) is 5.41 Å². The fourth-order valence-corrected chi connectivity index (χ4v) is 8.28. The van der Waals surface area contributed by atoms with Crippen molar-refractivity contribution in [2.75, 3.05) is 35.7 Å². The van der Waals surface area contributed by atoms with E-state index in [1.54, 1.807) is 54.8 Å². The summed E-state index contributed by atoms with van der Waals surface area (Å²) in [6.07, 6.45) is 0.876. The smallest absolute Gasteiger partial charge is 0.408 e. The van der Waals surface area contributed by atoms with Gasteiger partial charge in [0.1, 0.15) is 29.8 Å². The van der Waals surface area contributed by atoms with E-state index >= 15 is 0 Å². The molecule has 6 rings (SSSR count). The Morgan fingerprint density at radius 3 is 1.55 bits per heavy atom. The number of carbonyl (C=O) groups excluding carboxylic acids is 6. The van der Waals surface area contributed by atoms with Crippen molar-refractivity contribution in [3.63, 3.8) is 0 Å². The molecule has 2 fully saturated rings. The van der Waals surface area contributed by atoms with E-state index in [1.807, 2.05) is 106 Å². The van der Waals surface area contributed by atoms with E-state index in [0.29, 0.717) is 68.8 Å². The highest BCUT2D eigenvalue weighted by molar-refractivity contribution is 6.00. The zero-order chi connectivity index (χ0) is 47.6. The molecular weight excluding hydrogens is 839 g/mol. The van der Waals surface area contributed by atoms with E-state index in [0.717, 1.165) is 16.8 Å². The average Bonchev–Trinajstić information content (AvgIpc) is 3.99. The predicted molar refractivity (Wildman–Crippen MR) is 253 cm³/mol. The number of ether oxygens (including phenoxy) is 2. The van der Waals surface area contributed by atoms with Gasteiger partial charge in [-0.25, -0.2) is 9.59 Å². The van der Waals surface area contributed by atoms with Gasteiger partial charge in [0, 0.05) is 43.2 Å². The summed E-state index contributed by atoms with van der Waals surface area (Å²) in [7, 11) is 1.25. The van der Waals surface area contributed by atoms with Gasteiger partial charge in [-0.3, -0.25) is 19.2 Å². The number of benzene rings is 4. The Morgan fingerprint density at radius 1 is 0.621 bits per heavy atom. The maximum absolute atomic E-state index is 14.1. The molecule has 0 radical (unpaired) electrons. The van der Waals surface area contributed by atoms with Gasteiger partial charge < -0.3 is 45.4 Å². The highest BCUT2D eigenvalue weighted by Crippen LogP contribution is 2.29. The number of amides is 6. The molecule has 2 heterocycles. The lowest BCUT2D eigenvalue weighted by molar-refractivity contribution is -0.140. The van der Waals surface area contributed by atoms with Crippen LogP contribution in [0.25, 0.3) is 0 Å². The standard InChI is InChI=1S/C51H63N7O8/c1-50(2,3)43(55-48(63)65-7)47(62)58-31-15-21-41(58)45(60)53-38-28-24-35(25-29-38)33-56(39-18-12-9-13-19-39)32-34-22-26-37(27-23-34)52-44(59)40-20-14-30-57(40)46(61)42(36-16-10-8-11-17-36)54-49(64)66-51(4,5)6/h8-13,16-19,22-29,40-43H,14-15,20-21,30-33H2,1-7H3,(H,52,59)(H,53,60)(H,54,64)(H,55,63)/t40-,41-,42+,43+/m0/s1. The Balaban J connectivity index is 1.08. The number of methoxy groups -OCH3 is 1. The summed E-state index contributed by atoms with van der Waals surface area (Å²) in [5, 5.41) is 11.4. The summed E-state index contributed by atoms with van der Waals surface area (Å²) in [5.41, 5.74) is 3.43. The van der Waals surface area contributed by atoms with Crippen molar-refractivity contribution in [1.82, 2.24) is 20.4 Å². The first-order valence-electron chi connectivity index (χ1n) is 22.5. The van der Waals surface area contributed by atoms with Crippen molar-refractivity contribution in [3.05, 3.63) is 126 Å². The molecule has 0 bridgehead atoms. The van der Waals surface area contributed by atoms with Gasteiger partial charge in [-0.2, -0.15) is 0 Å². The maximum atomic E-state index is 14.1. The van der Waals surface area contributed by atoms with Gasteiger partial charge in [0.25, 0.3) is 5.91 Å². The third-order valence-electron chi connectivity index (χ3n) is 11.6. The number of likely N-dealkylation sites (tertiary alicyclic amines) is 2. The second kappa shape index (κ2) is 21.4. The SMILES string of the molecule is COC(=O)N[C@H](C(=O)N1CCC[C@H]1C(=O)Nc1ccc(CN(Cc2ccc(NC(=O)[C@@H]3CCCN3C(=O)[C@H](NC(=O)OC(C)(C)C)c3ccccc3)cc2)c2ccccc2)cc1)C(C)(C)C. The van der Waals surface area contributed by atoms with Crippen molar-refractivity contribution in [2.45, 2.75) is 110 Å². The molecule has 6 amide bonds. The fraction of sp³-hybridized carbons (Fsp3) is 0.412. The monoisotopic (exact) mass is 901 g/mol. The van der Waals surface area contributed by atoms with E-state index in [4.69, 9.17) is 9.47 Å². The Bertz CT molecular complexity index is 2310. The summed E-state index contributed by atoms with van der Waals surface area (Å²) in [6, 6.07) is 30.9. The molecule has 15 nitrogen and oxygen atoms in total. The van der Waals surface area contributed by atoms with Crippen LogP contribution in [0.15, 0.2) is 109 Å². The molecule has 2 aliphatic rings. The third kappa shape index (κ3) is 12.9. The van der Waals surface area contributed by atoms with Crippen LogP contribution in [0.2, 0.25) is 0 Å². The molecule has 0 unspecified atom stereocenters.